The lowest BCUT2D eigenvalue weighted by atomic mass is 10.2. The molecule has 2 heterocycles. The van der Waals surface area contributed by atoms with Gasteiger partial charge in [0.05, 0.1) is 30.3 Å². The molecule has 8 heteroatoms. The largest absolute Gasteiger partial charge is 0.365 e. The third-order valence-electron chi connectivity index (χ3n) is 3.14. The summed E-state index contributed by atoms with van der Waals surface area (Å²) in [5, 5.41) is 11.1. The molecule has 0 aliphatic rings. The van der Waals surface area contributed by atoms with Crippen LogP contribution < -0.4 is 16.0 Å². The number of benzene rings is 1. The van der Waals surface area contributed by atoms with E-state index in [9.17, 15) is 4.79 Å². The molecule has 0 spiro atoms. The number of nitrogens with one attached hydrogen (secondary N) is 3. The van der Waals surface area contributed by atoms with E-state index in [2.05, 4.69) is 30.9 Å². The Labute approximate surface area is 143 Å². The minimum absolute atomic E-state index is 0.329. The number of rotatable bonds is 5. The predicted molar refractivity (Wildman–Crippen MR) is 95.0 cm³/mol. The van der Waals surface area contributed by atoms with Crippen LogP contribution in [0.2, 0.25) is 0 Å². The zero-order valence-electron chi connectivity index (χ0n) is 13.0. The van der Waals surface area contributed by atoms with Crippen molar-refractivity contribution in [3.05, 3.63) is 53.8 Å². The fourth-order valence-electron chi connectivity index (χ4n) is 1.98. The number of hydrogen-bond donors (Lipinski definition) is 3. The maximum Gasteiger partial charge on any atom is 0.319 e. The molecule has 0 unspecified atom stereocenters. The fraction of sp³-hybridized carbons (Fsp3) is 0.125. The van der Waals surface area contributed by atoms with Gasteiger partial charge in [0.25, 0.3) is 0 Å². The highest BCUT2D eigenvalue weighted by Gasteiger charge is 2.06. The molecule has 3 aromatic rings. The Bertz CT molecular complexity index is 803. The van der Waals surface area contributed by atoms with Gasteiger partial charge < -0.3 is 16.0 Å². The van der Waals surface area contributed by atoms with Crippen LogP contribution in [0.4, 0.5) is 15.6 Å². The van der Waals surface area contributed by atoms with Crippen LogP contribution in [0.25, 0.3) is 11.4 Å². The van der Waals surface area contributed by atoms with Gasteiger partial charge in [-0.1, -0.05) is 30.3 Å². The Morgan fingerprint density at radius 1 is 1.17 bits per heavy atom. The first-order valence-electron chi connectivity index (χ1n) is 7.29. The van der Waals surface area contributed by atoms with Crippen molar-refractivity contribution < 1.29 is 4.79 Å². The number of amides is 2. The van der Waals surface area contributed by atoms with Gasteiger partial charge in [0.15, 0.2) is 11.0 Å². The van der Waals surface area contributed by atoms with Gasteiger partial charge in [0.1, 0.15) is 0 Å². The third-order valence-corrected chi connectivity index (χ3v) is 4.05. The van der Waals surface area contributed by atoms with Crippen molar-refractivity contribution in [1.82, 2.24) is 20.3 Å². The summed E-state index contributed by atoms with van der Waals surface area (Å²) in [6.45, 7) is 0.354. The lowest BCUT2D eigenvalue weighted by Gasteiger charge is -2.06. The van der Waals surface area contributed by atoms with Gasteiger partial charge >= 0.3 is 6.03 Å². The SMILES string of the molecule is CNc1nc(CNC(=O)Nc2cnc(-c3ccccc3)nc2)cs1. The number of urea groups is 1. The van der Waals surface area contributed by atoms with E-state index < -0.39 is 0 Å². The first-order valence-corrected chi connectivity index (χ1v) is 8.17. The Morgan fingerprint density at radius 2 is 1.92 bits per heavy atom. The highest BCUT2D eigenvalue weighted by Crippen LogP contribution is 2.15. The van der Waals surface area contributed by atoms with Crippen molar-refractivity contribution in [3.63, 3.8) is 0 Å². The van der Waals surface area contributed by atoms with Crippen molar-refractivity contribution in [2.45, 2.75) is 6.54 Å². The summed E-state index contributed by atoms with van der Waals surface area (Å²) in [6, 6.07) is 9.33. The van der Waals surface area contributed by atoms with E-state index in [0.717, 1.165) is 16.4 Å². The molecule has 7 nitrogen and oxygen atoms in total. The molecule has 0 radical (unpaired) electrons. The highest BCUT2D eigenvalue weighted by atomic mass is 32.1. The predicted octanol–water partition coefficient (Wildman–Crippen LogP) is 2.96. The van der Waals surface area contributed by atoms with Crippen LogP contribution >= 0.6 is 11.3 Å². The third kappa shape index (κ3) is 4.05. The second kappa shape index (κ2) is 7.51. The Kier molecular flexibility index (Phi) is 4.97. The smallest absolute Gasteiger partial charge is 0.319 e. The molecule has 24 heavy (non-hydrogen) atoms. The molecular weight excluding hydrogens is 324 g/mol. The van der Waals surface area contributed by atoms with Crippen LogP contribution in [0.1, 0.15) is 5.69 Å². The molecule has 0 aliphatic heterocycles. The Morgan fingerprint density at radius 3 is 2.58 bits per heavy atom. The van der Waals surface area contributed by atoms with Crippen molar-refractivity contribution in [3.8, 4) is 11.4 Å². The van der Waals surface area contributed by atoms with Crippen molar-refractivity contribution >= 4 is 28.2 Å². The van der Waals surface area contributed by atoms with Crippen LogP contribution in [0.15, 0.2) is 48.1 Å². The normalized spacial score (nSPS) is 10.2. The standard InChI is InChI=1S/C16H16N6OS/c1-17-16-22-13(10-24-16)9-20-15(23)21-12-7-18-14(19-8-12)11-5-3-2-4-6-11/h2-8,10H,9H2,1H3,(H,17,22)(H2,20,21,23). The van der Waals surface area contributed by atoms with E-state index >= 15 is 0 Å². The number of carbonyl (C=O) groups excluding carboxylic acids is 1. The maximum atomic E-state index is 11.9. The second-order valence-corrected chi connectivity index (χ2v) is 5.72. The molecule has 0 bridgehead atoms. The van der Waals surface area contributed by atoms with Crippen molar-refractivity contribution in [2.24, 2.45) is 0 Å². The zero-order chi connectivity index (χ0) is 16.8. The van der Waals surface area contributed by atoms with E-state index in [-0.39, 0.29) is 6.03 Å². The number of carbonyl (C=O) groups is 1. The van der Waals surface area contributed by atoms with E-state index in [4.69, 9.17) is 0 Å². The fourth-order valence-corrected chi connectivity index (χ4v) is 2.65. The molecule has 2 amide bonds. The average molecular weight is 340 g/mol. The summed E-state index contributed by atoms with van der Waals surface area (Å²) in [5.74, 6) is 0.614. The molecule has 0 saturated heterocycles. The average Bonchev–Trinajstić information content (AvgIpc) is 3.10. The minimum atomic E-state index is -0.329. The zero-order valence-corrected chi connectivity index (χ0v) is 13.8. The molecular formula is C16H16N6OS. The van der Waals surface area contributed by atoms with E-state index in [1.54, 1.807) is 12.4 Å². The van der Waals surface area contributed by atoms with Crippen LogP contribution in [0, 0.1) is 0 Å². The number of thiazole rings is 1. The lowest BCUT2D eigenvalue weighted by Crippen LogP contribution is -2.28. The quantitative estimate of drug-likeness (QED) is 0.664. The Hall–Kier alpha value is -3.00. The molecule has 0 saturated carbocycles. The van der Waals surface area contributed by atoms with Gasteiger partial charge in [-0.3, -0.25) is 0 Å². The summed E-state index contributed by atoms with van der Waals surface area (Å²) in [6.07, 6.45) is 3.16. The number of nitrogens with zero attached hydrogens (tertiary/aromatic N) is 3. The first-order chi connectivity index (χ1) is 11.7. The molecule has 0 fully saturated rings. The summed E-state index contributed by atoms with van der Waals surface area (Å²) < 4.78 is 0. The van der Waals surface area contributed by atoms with Gasteiger partial charge in [-0.05, 0) is 0 Å². The van der Waals surface area contributed by atoms with E-state index in [1.165, 1.54) is 11.3 Å². The first kappa shape index (κ1) is 15.9. The number of hydrogen-bond acceptors (Lipinski definition) is 6. The molecule has 1 aromatic carbocycles. The molecule has 2 aromatic heterocycles. The van der Waals surface area contributed by atoms with Gasteiger partial charge in [-0.2, -0.15) is 0 Å². The number of aromatic nitrogens is 3. The Balaban J connectivity index is 1.54. The monoisotopic (exact) mass is 340 g/mol. The topological polar surface area (TPSA) is 91.8 Å². The van der Waals surface area contributed by atoms with E-state index in [0.29, 0.717) is 18.1 Å². The molecule has 0 atom stereocenters. The number of anilines is 2. The van der Waals surface area contributed by atoms with Crippen LogP contribution in [-0.2, 0) is 6.54 Å². The summed E-state index contributed by atoms with van der Waals surface area (Å²) in [5.41, 5.74) is 2.26. The molecule has 122 valence electrons. The summed E-state index contributed by atoms with van der Waals surface area (Å²) in [4.78, 5) is 24.7. The molecule has 3 rings (SSSR count). The van der Waals surface area contributed by atoms with Crippen LogP contribution in [-0.4, -0.2) is 28.0 Å². The van der Waals surface area contributed by atoms with Crippen LogP contribution in [0.5, 0.6) is 0 Å². The van der Waals surface area contributed by atoms with E-state index in [1.807, 2.05) is 42.8 Å². The molecule has 3 N–H and O–H groups in total. The lowest BCUT2D eigenvalue weighted by molar-refractivity contribution is 0.251. The van der Waals surface area contributed by atoms with Crippen molar-refractivity contribution in [1.29, 1.82) is 0 Å². The highest BCUT2D eigenvalue weighted by molar-refractivity contribution is 7.13. The van der Waals surface area contributed by atoms with Gasteiger partial charge in [0, 0.05) is 18.0 Å². The van der Waals surface area contributed by atoms with Gasteiger partial charge in [-0.15, -0.1) is 11.3 Å². The summed E-state index contributed by atoms with van der Waals surface area (Å²) in [7, 11) is 1.81. The van der Waals surface area contributed by atoms with Crippen LogP contribution in [0.3, 0.4) is 0 Å². The molecule has 0 aliphatic carbocycles. The van der Waals surface area contributed by atoms with Crippen molar-refractivity contribution in [2.75, 3.05) is 17.7 Å². The van der Waals surface area contributed by atoms with Gasteiger partial charge in [-0.25, -0.2) is 19.7 Å². The summed E-state index contributed by atoms with van der Waals surface area (Å²) >= 11 is 1.49. The van der Waals surface area contributed by atoms with Gasteiger partial charge in [0.2, 0.25) is 0 Å². The second-order valence-electron chi connectivity index (χ2n) is 4.86. The minimum Gasteiger partial charge on any atom is -0.365 e. The maximum absolute atomic E-state index is 11.9.